The van der Waals surface area contributed by atoms with Crippen LogP contribution in [0.2, 0.25) is 0 Å². The number of rotatable bonds is 7. The van der Waals surface area contributed by atoms with Crippen molar-refractivity contribution in [2.75, 3.05) is 23.7 Å². The van der Waals surface area contributed by atoms with E-state index in [-0.39, 0.29) is 11.8 Å². The van der Waals surface area contributed by atoms with Crippen LogP contribution >= 0.6 is 0 Å². The fourth-order valence-corrected chi connectivity index (χ4v) is 3.21. The minimum Gasteiger partial charge on any atom is -0.326 e. The highest BCUT2D eigenvalue weighted by Crippen LogP contribution is 2.19. The monoisotopic (exact) mass is 367 g/mol. The number of carbonyl (C=O) groups excluding carboxylic acids is 2. The highest BCUT2D eigenvalue weighted by Gasteiger charge is 2.13. The largest absolute Gasteiger partial charge is 0.326 e. The molecule has 0 saturated carbocycles. The molecule has 0 unspecified atom stereocenters. The van der Waals surface area contributed by atoms with Crippen molar-refractivity contribution in [1.82, 2.24) is 4.90 Å². The Morgan fingerprint density at radius 3 is 1.93 bits per heavy atom. The summed E-state index contributed by atoms with van der Waals surface area (Å²) in [5.74, 6) is -0.168. The topological polar surface area (TPSA) is 61.4 Å². The average molecular weight is 367 g/mol. The van der Waals surface area contributed by atoms with E-state index in [2.05, 4.69) is 55.4 Å². The van der Waals surface area contributed by atoms with Crippen molar-refractivity contribution in [3.63, 3.8) is 0 Å². The fraction of sp³-hybridized carbons (Fsp3) is 0.364. The summed E-state index contributed by atoms with van der Waals surface area (Å²) in [7, 11) is 0. The highest BCUT2D eigenvalue weighted by atomic mass is 16.2. The molecular formula is C22H29N3O2. The summed E-state index contributed by atoms with van der Waals surface area (Å²) >= 11 is 0. The van der Waals surface area contributed by atoms with E-state index in [1.54, 1.807) is 24.3 Å². The van der Waals surface area contributed by atoms with Gasteiger partial charge < -0.3 is 10.6 Å². The molecule has 5 nitrogen and oxygen atoms in total. The molecule has 0 radical (unpaired) electrons. The Kier molecular flexibility index (Phi) is 7.13. The van der Waals surface area contributed by atoms with Crippen LogP contribution in [0.4, 0.5) is 11.4 Å². The molecule has 27 heavy (non-hydrogen) atoms. The quantitative estimate of drug-likeness (QED) is 0.777. The molecule has 0 aliphatic heterocycles. The van der Waals surface area contributed by atoms with E-state index in [1.165, 1.54) is 29.2 Å². The van der Waals surface area contributed by atoms with Gasteiger partial charge in [0.1, 0.15) is 0 Å². The smallest absolute Gasteiger partial charge is 0.238 e. The SMILES string of the molecule is CCN(CC(=O)Nc1ccc(NC(C)=O)cc1)Cc1c(C)cc(C)cc1C. The predicted octanol–water partition coefficient (Wildman–Crippen LogP) is 4.03. The van der Waals surface area contributed by atoms with E-state index in [9.17, 15) is 9.59 Å². The number of anilines is 2. The Morgan fingerprint density at radius 2 is 1.44 bits per heavy atom. The van der Waals surface area contributed by atoms with E-state index >= 15 is 0 Å². The maximum Gasteiger partial charge on any atom is 0.238 e. The first kappa shape index (κ1) is 20.6. The van der Waals surface area contributed by atoms with Gasteiger partial charge in [0.05, 0.1) is 6.54 Å². The molecule has 0 aromatic heterocycles. The van der Waals surface area contributed by atoms with Crippen LogP contribution in [0.5, 0.6) is 0 Å². The Morgan fingerprint density at radius 1 is 0.926 bits per heavy atom. The zero-order valence-electron chi connectivity index (χ0n) is 16.8. The number of hydrogen-bond acceptors (Lipinski definition) is 3. The van der Waals surface area contributed by atoms with Crippen molar-refractivity contribution in [3.05, 3.63) is 58.7 Å². The molecule has 0 fully saturated rings. The summed E-state index contributed by atoms with van der Waals surface area (Å²) in [6.45, 7) is 11.8. The third kappa shape index (κ3) is 6.22. The molecule has 2 rings (SSSR count). The van der Waals surface area contributed by atoms with E-state index < -0.39 is 0 Å². The van der Waals surface area contributed by atoms with Crippen LogP contribution < -0.4 is 10.6 Å². The molecule has 0 bridgehead atoms. The molecule has 2 aromatic rings. The van der Waals surface area contributed by atoms with Gasteiger partial charge in [-0.2, -0.15) is 0 Å². The molecule has 0 atom stereocenters. The highest BCUT2D eigenvalue weighted by molar-refractivity contribution is 5.93. The number of nitrogens with zero attached hydrogens (tertiary/aromatic N) is 1. The van der Waals surface area contributed by atoms with Crippen molar-refractivity contribution in [2.45, 2.75) is 41.2 Å². The first-order valence-corrected chi connectivity index (χ1v) is 9.25. The Bertz CT molecular complexity index is 790. The molecule has 2 aromatic carbocycles. The van der Waals surface area contributed by atoms with Crippen molar-refractivity contribution >= 4 is 23.2 Å². The summed E-state index contributed by atoms with van der Waals surface area (Å²) in [4.78, 5) is 25.6. The maximum absolute atomic E-state index is 12.4. The van der Waals surface area contributed by atoms with Gasteiger partial charge >= 0.3 is 0 Å². The van der Waals surface area contributed by atoms with Gasteiger partial charge in [-0.1, -0.05) is 24.6 Å². The number of benzene rings is 2. The van der Waals surface area contributed by atoms with Gasteiger partial charge in [-0.3, -0.25) is 14.5 Å². The second-order valence-electron chi connectivity index (χ2n) is 6.99. The zero-order chi connectivity index (χ0) is 20.0. The first-order chi connectivity index (χ1) is 12.8. The molecule has 144 valence electrons. The van der Waals surface area contributed by atoms with Gasteiger partial charge in [-0.05, 0) is 68.3 Å². The Labute approximate surface area is 161 Å². The van der Waals surface area contributed by atoms with E-state index in [1.807, 2.05) is 0 Å². The molecule has 0 saturated heterocycles. The van der Waals surface area contributed by atoms with E-state index in [0.717, 1.165) is 13.1 Å². The summed E-state index contributed by atoms with van der Waals surface area (Å²) in [6.07, 6.45) is 0. The summed E-state index contributed by atoms with van der Waals surface area (Å²) in [5, 5.41) is 5.63. The van der Waals surface area contributed by atoms with Crippen LogP contribution in [0.3, 0.4) is 0 Å². The number of carbonyl (C=O) groups is 2. The fourth-order valence-electron chi connectivity index (χ4n) is 3.21. The molecule has 0 heterocycles. The van der Waals surface area contributed by atoms with Gasteiger partial charge in [0, 0.05) is 24.8 Å². The van der Waals surface area contributed by atoms with Crippen LogP contribution in [0.25, 0.3) is 0 Å². The lowest BCUT2D eigenvalue weighted by Gasteiger charge is -2.22. The summed E-state index contributed by atoms with van der Waals surface area (Å²) in [5.41, 5.74) is 6.50. The number of aryl methyl sites for hydroxylation is 3. The van der Waals surface area contributed by atoms with Crippen molar-refractivity contribution < 1.29 is 9.59 Å². The van der Waals surface area contributed by atoms with Gasteiger partial charge in [0.25, 0.3) is 0 Å². The third-order valence-electron chi connectivity index (χ3n) is 4.53. The van der Waals surface area contributed by atoms with Crippen molar-refractivity contribution in [3.8, 4) is 0 Å². The molecular weight excluding hydrogens is 338 g/mol. The van der Waals surface area contributed by atoms with Crippen molar-refractivity contribution in [2.24, 2.45) is 0 Å². The lowest BCUT2D eigenvalue weighted by molar-refractivity contribution is -0.117. The molecule has 2 amide bonds. The molecule has 0 spiro atoms. The van der Waals surface area contributed by atoms with Crippen LogP contribution in [-0.2, 0) is 16.1 Å². The van der Waals surface area contributed by atoms with Crippen LogP contribution in [0.15, 0.2) is 36.4 Å². The molecule has 0 aliphatic rings. The standard InChI is InChI=1S/C22H29N3O2/c1-6-25(13-21-16(3)11-15(2)12-17(21)4)14-22(27)24-20-9-7-19(8-10-20)23-18(5)26/h7-12H,6,13-14H2,1-5H3,(H,23,26)(H,24,27). The number of nitrogens with one attached hydrogen (secondary N) is 2. The third-order valence-corrected chi connectivity index (χ3v) is 4.53. The lowest BCUT2D eigenvalue weighted by atomic mass is 9.99. The molecule has 2 N–H and O–H groups in total. The van der Waals surface area contributed by atoms with Crippen LogP contribution in [-0.4, -0.2) is 29.8 Å². The molecule has 0 aliphatic carbocycles. The zero-order valence-corrected chi connectivity index (χ0v) is 16.8. The maximum atomic E-state index is 12.4. The van der Waals surface area contributed by atoms with Crippen LogP contribution in [0, 0.1) is 20.8 Å². The Balaban J connectivity index is 1.98. The number of hydrogen-bond donors (Lipinski definition) is 2. The number of amides is 2. The second kappa shape index (κ2) is 9.33. The van der Waals surface area contributed by atoms with Gasteiger partial charge in [-0.15, -0.1) is 0 Å². The molecule has 5 heteroatoms. The van der Waals surface area contributed by atoms with Gasteiger partial charge in [0.15, 0.2) is 0 Å². The summed E-state index contributed by atoms with van der Waals surface area (Å²) < 4.78 is 0. The second-order valence-corrected chi connectivity index (χ2v) is 6.99. The number of likely N-dealkylation sites (N-methyl/N-ethyl adjacent to an activating group) is 1. The summed E-state index contributed by atoms with van der Waals surface area (Å²) in [6, 6.07) is 11.5. The van der Waals surface area contributed by atoms with Crippen molar-refractivity contribution in [1.29, 1.82) is 0 Å². The first-order valence-electron chi connectivity index (χ1n) is 9.25. The van der Waals surface area contributed by atoms with Gasteiger partial charge in [0.2, 0.25) is 11.8 Å². The van der Waals surface area contributed by atoms with Gasteiger partial charge in [-0.25, -0.2) is 0 Å². The van der Waals surface area contributed by atoms with E-state index in [4.69, 9.17) is 0 Å². The van der Waals surface area contributed by atoms with E-state index in [0.29, 0.717) is 17.9 Å². The minimum atomic E-state index is -0.118. The Hall–Kier alpha value is -2.66. The normalized spacial score (nSPS) is 10.7. The minimum absolute atomic E-state index is 0.0495. The average Bonchev–Trinajstić information content (AvgIpc) is 2.58. The van der Waals surface area contributed by atoms with Crippen LogP contribution in [0.1, 0.15) is 36.1 Å². The predicted molar refractivity (Wildman–Crippen MR) is 111 cm³/mol. The lowest BCUT2D eigenvalue weighted by Crippen LogP contribution is -2.33.